The quantitative estimate of drug-likeness (QED) is 0.570. The maximum Gasteiger partial charge on any atom is 0.573 e. The topological polar surface area (TPSA) is 88.1 Å². The van der Waals surface area contributed by atoms with Crippen LogP contribution in [0.4, 0.5) is 13.2 Å². The number of hydrogen-bond acceptors (Lipinski definition) is 6. The molecule has 1 fully saturated rings. The van der Waals surface area contributed by atoms with Crippen molar-refractivity contribution < 1.29 is 22.6 Å². The summed E-state index contributed by atoms with van der Waals surface area (Å²) in [5.74, 6) is 0.568. The molecule has 32 heavy (non-hydrogen) atoms. The van der Waals surface area contributed by atoms with E-state index in [4.69, 9.17) is 10.5 Å². The van der Waals surface area contributed by atoms with Gasteiger partial charge in [0.2, 0.25) is 0 Å². The summed E-state index contributed by atoms with van der Waals surface area (Å²) in [6.07, 6.45) is 5.25. The summed E-state index contributed by atoms with van der Waals surface area (Å²) in [6.45, 7) is 0.531. The minimum atomic E-state index is -4.80. The third-order valence-electron chi connectivity index (χ3n) is 5.24. The van der Waals surface area contributed by atoms with Crippen LogP contribution in [0.5, 0.6) is 11.5 Å². The van der Waals surface area contributed by atoms with Gasteiger partial charge < -0.3 is 15.2 Å². The van der Waals surface area contributed by atoms with Gasteiger partial charge in [-0.1, -0.05) is 12.1 Å². The molecule has 0 spiro atoms. The first-order chi connectivity index (χ1) is 14.9. The van der Waals surface area contributed by atoms with Crippen LogP contribution in [0.3, 0.4) is 0 Å². The van der Waals surface area contributed by atoms with Crippen molar-refractivity contribution >= 4 is 12.4 Å². The SMILES string of the molecule is Cl.NC1CCC(COc2cncnc2-c2cnn(-c3ccccc3OC(F)(F)F)c2)CC1. The number of alkyl halides is 3. The van der Waals surface area contributed by atoms with E-state index in [0.29, 0.717) is 29.5 Å². The average molecular weight is 470 g/mol. The molecule has 0 aliphatic heterocycles. The lowest BCUT2D eigenvalue weighted by Gasteiger charge is -2.26. The molecule has 0 saturated heterocycles. The number of nitrogens with zero attached hydrogens (tertiary/aromatic N) is 4. The van der Waals surface area contributed by atoms with E-state index in [1.54, 1.807) is 18.5 Å². The highest BCUT2D eigenvalue weighted by atomic mass is 35.5. The number of nitrogens with two attached hydrogens (primary N) is 1. The average Bonchev–Trinajstić information content (AvgIpc) is 3.23. The second-order valence-corrected chi connectivity index (χ2v) is 7.52. The summed E-state index contributed by atoms with van der Waals surface area (Å²) in [5, 5.41) is 4.19. The molecule has 1 saturated carbocycles. The summed E-state index contributed by atoms with van der Waals surface area (Å²) in [7, 11) is 0. The summed E-state index contributed by atoms with van der Waals surface area (Å²) >= 11 is 0. The fourth-order valence-electron chi connectivity index (χ4n) is 3.64. The molecule has 3 aromatic rings. The molecule has 1 aromatic carbocycles. The zero-order valence-electron chi connectivity index (χ0n) is 17.0. The van der Waals surface area contributed by atoms with Crippen molar-refractivity contribution in [3.05, 3.63) is 49.2 Å². The Hall–Kier alpha value is -2.85. The molecule has 1 aliphatic rings. The van der Waals surface area contributed by atoms with Crippen LogP contribution in [0.1, 0.15) is 25.7 Å². The van der Waals surface area contributed by atoms with Gasteiger partial charge in [0.25, 0.3) is 0 Å². The number of aromatic nitrogens is 4. The van der Waals surface area contributed by atoms with Crippen molar-refractivity contribution in [2.45, 2.75) is 38.1 Å². The molecule has 0 bridgehead atoms. The summed E-state index contributed by atoms with van der Waals surface area (Å²) < 4.78 is 49.6. The molecule has 0 atom stereocenters. The van der Waals surface area contributed by atoms with E-state index in [2.05, 4.69) is 19.8 Å². The van der Waals surface area contributed by atoms with E-state index in [1.165, 1.54) is 35.4 Å². The third kappa shape index (κ3) is 5.89. The van der Waals surface area contributed by atoms with Crippen LogP contribution in [-0.4, -0.2) is 38.8 Å². The molecule has 0 unspecified atom stereocenters. The van der Waals surface area contributed by atoms with Gasteiger partial charge in [0.05, 0.1) is 19.0 Å². The second-order valence-electron chi connectivity index (χ2n) is 7.52. The van der Waals surface area contributed by atoms with Crippen LogP contribution in [0.2, 0.25) is 0 Å². The third-order valence-corrected chi connectivity index (χ3v) is 5.24. The number of ether oxygens (including phenoxy) is 2. The maximum atomic E-state index is 12.7. The molecule has 1 aliphatic carbocycles. The monoisotopic (exact) mass is 469 g/mol. The Labute approximate surface area is 189 Å². The molecule has 2 aromatic heterocycles. The van der Waals surface area contributed by atoms with Gasteiger partial charge in [-0.3, -0.25) is 0 Å². The zero-order valence-corrected chi connectivity index (χ0v) is 17.9. The molecule has 172 valence electrons. The smallest absolute Gasteiger partial charge is 0.489 e. The van der Waals surface area contributed by atoms with Crippen molar-refractivity contribution in [3.63, 3.8) is 0 Å². The van der Waals surface area contributed by atoms with E-state index in [1.807, 2.05) is 0 Å². The number of halogens is 4. The molecule has 0 amide bonds. The maximum absolute atomic E-state index is 12.7. The predicted octanol–water partition coefficient (Wildman–Crippen LogP) is 4.55. The van der Waals surface area contributed by atoms with Crippen LogP contribution >= 0.6 is 12.4 Å². The Kier molecular flexibility index (Phi) is 7.57. The molecular weight excluding hydrogens is 447 g/mol. The highest BCUT2D eigenvalue weighted by Gasteiger charge is 2.32. The minimum Gasteiger partial charge on any atom is -0.489 e. The van der Waals surface area contributed by atoms with E-state index < -0.39 is 6.36 Å². The van der Waals surface area contributed by atoms with Crippen LogP contribution in [0, 0.1) is 5.92 Å². The lowest BCUT2D eigenvalue weighted by Crippen LogP contribution is -2.28. The zero-order chi connectivity index (χ0) is 21.8. The van der Waals surface area contributed by atoms with Crippen molar-refractivity contribution in [2.24, 2.45) is 11.7 Å². The Morgan fingerprint density at radius 2 is 1.81 bits per heavy atom. The van der Waals surface area contributed by atoms with E-state index in [9.17, 15) is 13.2 Å². The first-order valence-corrected chi connectivity index (χ1v) is 9.97. The van der Waals surface area contributed by atoms with Gasteiger partial charge >= 0.3 is 6.36 Å². The lowest BCUT2D eigenvalue weighted by atomic mass is 9.87. The summed E-state index contributed by atoms with van der Waals surface area (Å²) in [4.78, 5) is 8.33. The molecule has 4 rings (SSSR count). The van der Waals surface area contributed by atoms with Crippen molar-refractivity contribution in [3.8, 4) is 28.4 Å². The first kappa shape index (κ1) is 23.8. The van der Waals surface area contributed by atoms with Gasteiger partial charge in [-0.25, -0.2) is 14.6 Å². The highest BCUT2D eigenvalue weighted by Crippen LogP contribution is 2.32. The van der Waals surface area contributed by atoms with Gasteiger partial charge in [-0.05, 0) is 43.7 Å². The van der Waals surface area contributed by atoms with E-state index in [-0.39, 0.29) is 29.9 Å². The Balaban J connectivity index is 0.00000289. The number of para-hydroxylation sites is 2. The lowest BCUT2D eigenvalue weighted by molar-refractivity contribution is -0.274. The van der Waals surface area contributed by atoms with E-state index >= 15 is 0 Å². The van der Waals surface area contributed by atoms with Crippen LogP contribution < -0.4 is 15.2 Å². The molecule has 11 heteroatoms. The highest BCUT2D eigenvalue weighted by molar-refractivity contribution is 5.85. The van der Waals surface area contributed by atoms with E-state index in [0.717, 1.165) is 25.7 Å². The van der Waals surface area contributed by atoms with Gasteiger partial charge in [0.1, 0.15) is 17.7 Å². The summed E-state index contributed by atoms with van der Waals surface area (Å²) in [6, 6.07) is 6.06. The standard InChI is InChI=1S/C21H22F3N5O2.ClH/c22-21(23,24)31-18-4-2-1-3-17(18)29-11-15(9-28-29)20-19(10-26-13-27-20)30-12-14-5-7-16(25)8-6-14;/h1-4,9-11,13-14,16H,5-8,12,25H2;1H. The molecule has 7 nitrogen and oxygen atoms in total. The van der Waals surface area contributed by atoms with Crippen LogP contribution in [0.15, 0.2) is 49.2 Å². The predicted molar refractivity (Wildman–Crippen MR) is 114 cm³/mol. The van der Waals surface area contributed by atoms with Crippen molar-refractivity contribution in [1.82, 2.24) is 19.7 Å². The molecule has 2 N–H and O–H groups in total. The van der Waals surface area contributed by atoms with Crippen molar-refractivity contribution in [2.75, 3.05) is 6.61 Å². The fourth-order valence-corrected chi connectivity index (χ4v) is 3.64. The number of benzene rings is 1. The first-order valence-electron chi connectivity index (χ1n) is 9.97. The Morgan fingerprint density at radius 1 is 1.06 bits per heavy atom. The van der Waals surface area contributed by atoms with Crippen LogP contribution in [-0.2, 0) is 0 Å². The number of rotatable bonds is 6. The summed E-state index contributed by atoms with van der Waals surface area (Å²) in [5.41, 5.74) is 7.22. The molecule has 2 heterocycles. The minimum absolute atomic E-state index is 0. The fraction of sp³-hybridized carbons (Fsp3) is 0.381. The Bertz CT molecular complexity index is 1020. The van der Waals surface area contributed by atoms with Crippen LogP contribution in [0.25, 0.3) is 16.9 Å². The van der Waals surface area contributed by atoms with Gasteiger partial charge in [0.15, 0.2) is 11.5 Å². The van der Waals surface area contributed by atoms with Gasteiger partial charge in [0, 0.05) is 17.8 Å². The molecular formula is C21H23ClF3N5O2. The number of hydrogen-bond donors (Lipinski definition) is 1. The van der Waals surface area contributed by atoms with Gasteiger partial charge in [-0.15, -0.1) is 25.6 Å². The Morgan fingerprint density at radius 3 is 2.56 bits per heavy atom. The largest absolute Gasteiger partial charge is 0.573 e. The van der Waals surface area contributed by atoms with Crippen molar-refractivity contribution in [1.29, 1.82) is 0 Å². The second kappa shape index (κ2) is 10.2. The normalized spacial score (nSPS) is 18.6. The molecule has 0 radical (unpaired) electrons. The van der Waals surface area contributed by atoms with Gasteiger partial charge in [-0.2, -0.15) is 5.10 Å².